The van der Waals surface area contributed by atoms with Crippen molar-refractivity contribution >= 4 is 10.8 Å². The number of benzene rings is 2. The van der Waals surface area contributed by atoms with Crippen molar-refractivity contribution in [3.05, 3.63) is 42.0 Å². The van der Waals surface area contributed by atoms with Gasteiger partial charge in [-0.25, -0.2) is 0 Å². The standard InChI is InChI=1S/C29H44O/c1-3-5-7-8-9-11-21-30-29-20-19-27-22-26(17-18-28(27)23-29)25-15-13-24(14-16-25)12-10-6-4-2/h17-20,22-25H,3-16,21H2,1-2H3/t24-,25-. The van der Waals surface area contributed by atoms with Gasteiger partial charge < -0.3 is 4.74 Å². The molecular weight excluding hydrogens is 364 g/mol. The van der Waals surface area contributed by atoms with Gasteiger partial charge in [0.05, 0.1) is 6.61 Å². The molecular formula is C29H44O. The Morgan fingerprint density at radius 1 is 0.700 bits per heavy atom. The summed E-state index contributed by atoms with van der Waals surface area (Å²) in [5, 5.41) is 2.68. The van der Waals surface area contributed by atoms with Crippen LogP contribution in [0.25, 0.3) is 10.8 Å². The summed E-state index contributed by atoms with van der Waals surface area (Å²) in [6, 6.07) is 13.8. The van der Waals surface area contributed by atoms with Crippen LogP contribution in [0.5, 0.6) is 5.75 Å². The number of hydrogen-bond acceptors (Lipinski definition) is 1. The molecule has 0 heterocycles. The molecule has 2 aromatic rings. The van der Waals surface area contributed by atoms with Crippen molar-refractivity contribution < 1.29 is 4.74 Å². The summed E-state index contributed by atoms with van der Waals surface area (Å²) in [7, 11) is 0. The van der Waals surface area contributed by atoms with Gasteiger partial charge in [0, 0.05) is 0 Å². The third-order valence-electron chi connectivity index (χ3n) is 7.14. The van der Waals surface area contributed by atoms with Crippen LogP contribution in [0.3, 0.4) is 0 Å². The first-order chi connectivity index (χ1) is 14.8. The van der Waals surface area contributed by atoms with Gasteiger partial charge in [-0.3, -0.25) is 0 Å². The highest BCUT2D eigenvalue weighted by atomic mass is 16.5. The third kappa shape index (κ3) is 7.33. The predicted molar refractivity (Wildman–Crippen MR) is 132 cm³/mol. The van der Waals surface area contributed by atoms with Gasteiger partial charge in [-0.05, 0) is 72.4 Å². The molecule has 3 rings (SSSR count). The van der Waals surface area contributed by atoms with E-state index in [9.17, 15) is 0 Å². The fourth-order valence-corrected chi connectivity index (χ4v) is 5.13. The minimum Gasteiger partial charge on any atom is -0.494 e. The van der Waals surface area contributed by atoms with Crippen LogP contribution in [0.2, 0.25) is 0 Å². The van der Waals surface area contributed by atoms with Gasteiger partial charge in [-0.1, -0.05) is 95.9 Å². The number of rotatable bonds is 13. The Labute approximate surface area is 185 Å². The zero-order chi connectivity index (χ0) is 21.0. The molecule has 0 aromatic heterocycles. The molecule has 0 amide bonds. The summed E-state index contributed by atoms with van der Waals surface area (Å²) in [6.07, 6.45) is 19.1. The van der Waals surface area contributed by atoms with Crippen LogP contribution in [0.4, 0.5) is 0 Å². The Balaban J connectivity index is 1.46. The molecule has 0 N–H and O–H groups in total. The van der Waals surface area contributed by atoms with Gasteiger partial charge in [0.2, 0.25) is 0 Å². The minimum absolute atomic E-state index is 0.764. The Hall–Kier alpha value is -1.50. The van der Waals surface area contributed by atoms with E-state index in [1.54, 1.807) is 5.56 Å². The minimum atomic E-state index is 0.764. The van der Waals surface area contributed by atoms with Crippen LogP contribution in [0.1, 0.15) is 115 Å². The highest BCUT2D eigenvalue weighted by Gasteiger charge is 2.22. The molecule has 2 aromatic carbocycles. The van der Waals surface area contributed by atoms with E-state index in [-0.39, 0.29) is 0 Å². The Morgan fingerprint density at radius 2 is 1.37 bits per heavy atom. The van der Waals surface area contributed by atoms with Gasteiger partial charge in [-0.2, -0.15) is 0 Å². The average molecular weight is 409 g/mol. The molecule has 0 radical (unpaired) electrons. The van der Waals surface area contributed by atoms with E-state index < -0.39 is 0 Å². The van der Waals surface area contributed by atoms with E-state index >= 15 is 0 Å². The summed E-state index contributed by atoms with van der Waals surface area (Å²) in [4.78, 5) is 0. The quantitative estimate of drug-likeness (QED) is 0.300. The molecule has 0 atom stereocenters. The highest BCUT2D eigenvalue weighted by molar-refractivity contribution is 5.84. The molecule has 166 valence electrons. The zero-order valence-corrected chi connectivity index (χ0v) is 19.6. The van der Waals surface area contributed by atoms with Crippen LogP contribution in [0, 0.1) is 5.92 Å². The fourth-order valence-electron chi connectivity index (χ4n) is 5.13. The largest absolute Gasteiger partial charge is 0.494 e. The SMILES string of the molecule is CCCCCCCCOc1ccc2cc([C@H]3CC[C@H](CCCCC)CC3)ccc2c1. The molecule has 1 saturated carbocycles. The number of fused-ring (bicyclic) bond motifs is 1. The van der Waals surface area contributed by atoms with Crippen LogP contribution in [0.15, 0.2) is 36.4 Å². The fraction of sp³-hybridized carbons (Fsp3) is 0.655. The first-order valence-corrected chi connectivity index (χ1v) is 13.0. The lowest BCUT2D eigenvalue weighted by molar-refractivity contribution is 0.303. The smallest absolute Gasteiger partial charge is 0.119 e. The van der Waals surface area contributed by atoms with Crippen LogP contribution in [-0.2, 0) is 0 Å². The Kier molecular flexibility index (Phi) is 10.1. The highest BCUT2D eigenvalue weighted by Crippen LogP contribution is 2.38. The lowest BCUT2D eigenvalue weighted by atomic mass is 9.77. The summed E-state index contributed by atoms with van der Waals surface area (Å²) in [5.41, 5.74) is 1.55. The molecule has 0 saturated heterocycles. The zero-order valence-electron chi connectivity index (χ0n) is 19.6. The van der Waals surface area contributed by atoms with Gasteiger partial charge in [0.1, 0.15) is 5.75 Å². The monoisotopic (exact) mass is 408 g/mol. The van der Waals surface area contributed by atoms with Crippen molar-refractivity contribution in [1.82, 2.24) is 0 Å². The van der Waals surface area contributed by atoms with E-state index in [4.69, 9.17) is 4.74 Å². The first-order valence-electron chi connectivity index (χ1n) is 13.0. The first kappa shape index (κ1) is 23.2. The summed E-state index contributed by atoms with van der Waals surface area (Å²) >= 11 is 0. The maximum atomic E-state index is 6.02. The third-order valence-corrected chi connectivity index (χ3v) is 7.14. The van der Waals surface area contributed by atoms with Crippen molar-refractivity contribution in [2.75, 3.05) is 6.61 Å². The molecule has 30 heavy (non-hydrogen) atoms. The number of unbranched alkanes of at least 4 members (excludes halogenated alkanes) is 7. The lowest BCUT2D eigenvalue weighted by Gasteiger charge is -2.29. The molecule has 1 aliphatic rings. The van der Waals surface area contributed by atoms with E-state index in [1.807, 2.05) is 0 Å². The van der Waals surface area contributed by atoms with Gasteiger partial charge in [0.15, 0.2) is 0 Å². The van der Waals surface area contributed by atoms with Crippen LogP contribution in [-0.4, -0.2) is 6.61 Å². The van der Waals surface area contributed by atoms with Crippen molar-refractivity contribution in [2.45, 2.75) is 110 Å². The molecule has 0 aliphatic heterocycles. The predicted octanol–water partition coefficient (Wildman–Crippen LogP) is 9.43. The maximum Gasteiger partial charge on any atom is 0.119 e. The summed E-state index contributed by atoms with van der Waals surface area (Å²) < 4.78 is 6.02. The van der Waals surface area contributed by atoms with Crippen LogP contribution < -0.4 is 4.74 Å². The lowest BCUT2D eigenvalue weighted by Crippen LogP contribution is -2.13. The van der Waals surface area contributed by atoms with Gasteiger partial charge >= 0.3 is 0 Å². The normalized spacial score (nSPS) is 19.3. The van der Waals surface area contributed by atoms with Crippen molar-refractivity contribution in [2.24, 2.45) is 5.92 Å². The van der Waals surface area contributed by atoms with E-state index in [0.29, 0.717) is 0 Å². The second-order valence-electron chi connectivity index (χ2n) is 9.60. The second-order valence-corrected chi connectivity index (χ2v) is 9.60. The second kappa shape index (κ2) is 13.0. The molecule has 1 nitrogen and oxygen atoms in total. The average Bonchev–Trinajstić information content (AvgIpc) is 2.79. The molecule has 1 heteroatoms. The van der Waals surface area contributed by atoms with E-state index in [2.05, 4.69) is 50.2 Å². The molecule has 0 bridgehead atoms. The molecule has 0 spiro atoms. The van der Waals surface area contributed by atoms with Gasteiger partial charge in [0.25, 0.3) is 0 Å². The molecule has 1 fully saturated rings. The molecule has 1 aliphatic carbocycles. The van der Waals surface area contributed by atoms with Gasteiger partial charge in [-0.15, -0.1) is 0 Å². The van der Waals surface area contributed by atoms with Crippen molar-refractivity contribution in [3.63, 3.8) is 0 Å². The summed E-state index contributed by atoms with van der Waals surface area (Å²) in [5.74, 6) is 2.77. The number of hydrogen-bond donors (Lipinski definition) is 0. The Morgan fingerprint density at radius 3 is 2.17 bits per heavy atom. The topological polar surface area (TPSA) is 9.23 Å². The number of ether oxygens (including phenoxy) is 1. The van der Waals surface area contributed by atoms with Crippen molar-refractivity contribution in [1.29, 1.82) is 0 Å². The molecule has 0 unspecified atom stereocenters. The van der Waals surface area contributed by atoms with E-state index in [1.165, 1.54) is 101 Å². The van der Waals surface area contributed by atoms with Crippen molar-refractivity contribution in [3.8, 4) is 5.75 Å². The van der Waals surface area contributed by atoms with Crippen LogP contribution >= 0.6 is 0 Å². The summed E-state index contributed by atoms with van der Waals surface area (Å²) in [6.45, 7) is 5.42. The Bertz CT molecular complexity index is 726. The maximum absolute atomic E-state index is 6.02. The van der Waals surface area contributed by atoms with E-state index in [0.717, 1.165) is 24.2 Å².